The Hall–Kier alpha value is -1.39. The number of amides is 1. The number of aliphatic hydroxyl groups excluding tert-OH is 1. The summed E-state index contributed by atoms with van der Waals surface area (Å²) in [6.07, 6.45) is -0.488. The van der Waals surface area contributed by atoms with Crippen molar-refractivity contribution >= 4 is 5.91 Å². The third kappa shape index (κ3) is 3.02. The predicted molar refractivity (Wildman–Crippen MR) is 79.9 cm³/mol. The van der Waals surface area contributed by atoms with Crippen LogP contribution in [-0.4, -0.2) is 48.2 Å². The minimum Gasteiger partial charge on any atom is -0.390 e. The SMILES string of the molecule is CN(C(=O)c1ccc(C(C)(C)C)cc1)[C@@H]1CNC[C@H]1O. The third-order valence-electron chi connectivity index (χ3n) is 3.97. The van der Waals surface area contributed by atoms with Crippen LogP contribution in [0, 0.1) is 0 Å². The van der Waals surface area contributed by atoms with Gasteiger partial charge in [-0.15, -0.1) is 0 Å². The van der Waals surface area contributed by atoms with E-state index in [1.54, 1.807) is 11.9 Å². The van der Waals surface area contributed by atoms with Gasteiger partial charge in [-0.1, -0.05) is 32.9 Å². The Labute approximate surface area is 120 Å². The summed E-state index contributed by atoms with van der Waals surface area (Å²) in [6, 6.07) is 7.60. The number of β-amino-alcohol motifs (C(OH)–C–C–N with tert-alkyl or cyclic N) is 1. The Morgan fingerprint density at radius 3 is 2.30 bits per heavy atom. The van der Waals surface area contributed by atoms with Gasteiger partial charge in [-0.25, -0.2) is 0 Å². The van der Waals surface area contributed by atoms with Crippen LogP contribution in [0.3, 0.4) is 0 Å². The van der Waals surface area contributed by atoms with Crippen molar-refractivity contribution in [1.29, 1.82) is 0 Å². The lowest BCUT2D eigenvalue weighted by atomic mass is 9.86. The maximum atomic E-state index is 12.4. The summed E-state index contributed by atoms with van der Waals surface area (Å²) in [7, 11) is 1.75. The summed E-state index contributed by atoms with van der Waals surface area (Å²) in [5, 5.41) is 12.9. The lowest BCUT2D eigenvalue weighted by Gasteiger charge is -2.27. The molecule has 2 N–H and O–H groups in total. The maximum absolute atomic E-state index is 12.4. The van der Waals surface area contributed by atoms with Crippen molar-refractivity contribution in [2.75, 3.05) is 20.1 Å². The number of likely N-dealkylation sites (N-methyl/N-ethyl adjacent to an activating group) is 1. The molecule has 1 aromatic rings. The van der Waals surface area contributed by atoms with Gasteiger partial charge in [0.1, 0.15) is 0 Å². The summed E-state index contributed by atoms with van der Waals surface area (Å²) >= 11 is 0. The van der Waals surface area contributed by atoms with E-state index >= 15 is 0 Å². The molecule has 1 fully saturated rings. The number of rotatable bonds is 2. The monoisotopic (exact) mass is 276 g/mol. The summed E-state index contributed by atoms with van der Waals surface area (Å²) in [4.78, 5) is 14.1. The van der Waals surface area contributed by atoms with Gasteiger partial charge < -0.3 is 15.3 Å². The van der Waals surface area contributed by atoms with Gasteiger partial charge in [0.25, 0.3) is 5.91 Å². The number of aliphatic hydroxyl groups is 1. The summed E-state index contributed by atoms with van der Waals surface area (Å²) in [5.41, 5.74) is 1.96. The topological polar surface area (TPSA) is 52.6 Å². The number of nitrogens with zero attached hydrogens (tertiary/aromatic N) is 1. The lowest BCUT2D eigenvalue weighted by molar-refractivity contribution is 0.0581. The molecule has 2 atom stereocenters. The van der Waals surface area contributed by atoms with Crippen molar-refractivity contribution in [2.24, 2.45) is 0 Å². The van der Waals surface area contributed by atoms with Gasteiger partial charge in [0.2, 0.25) is 0 Å². The van der Waals surface area contributed by atoms with Gasteiger partial charge in [-0.2, -0.15) is 0 Å². The van der Waals surface area contributed by atoms with Crippen LogP contribution >= 0.6 is 0 Å². The molecule has 1 heterocycles. The first-order valence-electron chi connectivity index (χ1n) is 7.07. The zero-order valence-corrected chi connectivity index (χ0v) is 12.7. The number of hydrogen-bond donors (Lipinski definition) is 2. The fraction of sp³-hybridized carbons (Fsp3) is 0.562. The number of nitrogens with one attached hydrogen (secondary N) is 1. The van der Waals surface area contributed by atoms with Gasteiger partial charge >= 0.3 is 0 Å². The highest BCUT2D eigenvalue weighted by Gasteiger charge is 2.31. The second-order valence-electron chi connectivity index (χ2n) is 6.54. The fourth-order valence-corrected chi connectivity index (χ4v) is 2.51. The molecule has 0 spiro atoms. The Bertz CT molecular complexity index is 476. The second-order valence-corrected chi connectivity index (χ2v) is 6.54. The number of carbonyl (C=O) groups is 1. The van der Waals surface area contributed by atoms with Crippen molar-refractivity contribution in [3.8, 4) is 0 Å². The fourth-order valence-electron chi connectivity index (χ4n) is 2.51. The highest BCUT2D eigenvalue weighted by Crippen LogP contribution is 2.22. The molecule has 20 heavy (non-hydrogen) atoms. The van der Waals surface area contributed by atoms with Crippen LogP contribution in [0.1, 0.15) is 36.7 Å². The summed E-state index contributed by atoms with van der Waals surface area (Å²) < 4.78 is 0. The quantitative estimate of drug-likeness (QED) is 0.858. The zero-order valence-electron chi connectivity index (χ0n) is 12.7. The molecular formula is C16H24N2O2. The van der Waals surface area contributed by atoms with Gasteiger partial charge in [-0.05, 0) is 23.1 Å². The van der Waals surface area contributed by atoms with Crippen molar-refractivity contribution in [3.63, 3.8) is 0 Å². The smallest absolute Gasteiger partial charge is 0.253 e. The molecule has 0 radical (unpaired) electrons. The van der Waals surface area contributed by atoms with Gasteiger partial charge in [-0.3, -0.25) is 4.79 Å². The zero-order chi connectivity index (χ0) is 14.9. The molecule has 0 saturated carbocycles. The molecule has 110 valence electrons. The molecule has 4 heteroatoms. The second kappa shape index (κ2) is 5.54. The first kappa shape index (κ1) is 15.0. The molecule has 0 bridgehead atoms. The first-order valence-corrected chi connectivity index (χ1v) is 7.07. The first-order chi connectivity index (χ1) is 9.30. The van der Waals surface area contributed by atoms with Crippen LogP contribution < -0.4 is 5.32 Å². The summed E-state index contributed by atoms with van der Waals surface area (Å²) in [6.45, 7) is 7.64. The van der Waals surface area contributed by atoms with Gasteiger partial charge in [0.15, 0.2) is 0 Å². The highest BCUT2D eigenvalue weighted by atomic mass is 16.3. The number of hydrogen-bond acceptors (Lipinski definition) is 3. The molecular weight excluding hydrogens is 252 g/mol. The molecule has 2 rings (SSSR count). The van der Waals surface area contributed by atoms with Gasteiger partial charge in [0, 0.05) is 25.7 Å². The molecule has 0 aromatic heterocycles. The molecule has 1 amide bonds. The minimum atomic E-state index is -0.488. The Morgan fingerprint density at radius 2 is 1.85 bits per heavy atom. The van der Waals surface area contributed by atoms with Crippen molar-refractivity contribution < 1.29 is 9.90 Å². The van der Waals surface area contributed by atoms with Crippen molar-refractivity contribution in [3.05, 3.63) is 35.4 Å². The number of carbonyl (C=O) groups excluding carboxylic acids is 1. The minimum absolute atomic E-state index is 0.0433. The van der Waals surface area contributed by atoms with Crippen LogP contribution in [0.15, 0.2) is 24.3 Å². The van der Waals surface area contributed by atoms with Crippen LogP contribution in [-0.2, 0) is 5.41 Å². The molecule has 1 aliphatic heterocycles. The van der Waals surface area contributed by atoms with Crippen LogP contribution in [0.4, 0.5) is 0 Å². The standard InChI is InChI=1S/C16H24N2O2/c1-16(2,3)12-7-5-11(6-8-12)15(20)18(4)13-9-17-10-14(13)19/h5-8,13-14,17,19H,9-10H2,1-4H3/t13-,14-/m1/s1. The van der Waals surface area contributed by atoms with E-state index in [0.29, 0.717) is 18.7 Å². The largest absolute Gasteiger partial charge is 0.390 e. The lowest BCUT2D eigenvalue weighted by Crippen LogP contribution is -2.44. The average Bonchev–Trinajstić information content (AvgIpc) is 2.82. The van der Waals surface area contributed by atoms with Crippen LogP contribution in [0.25, 0.3) is 0 Å². The summed E-state index contributed by atoms with van der Waals surface area (Å²) in [5.74, 6) is -0.0433. The Morgan fingerprint density at radius 1 is 1.25 bits per heavy atom. The van der Waals surface area contributed by atoms with Gasteiger partial charge in [0.05, 0.1) is 12.1 Å². The Balaban J connectivity index is 2.13. The van der Waals surface area contributed by atoms with Crippen molar-refractivity contribution in [2.45, 2.75) is 38.3 Å². The van der Waals surface area contributed by atoms with E-state index in [1.165, 1.54) is 5.56 Å². The average molecular weight is 276 g/mol. The van der Waals surface area contributed by atoms with Crippen LogP contribution in [0.2, 0.25) is 0 Å². The molecule has 1 aromatic carbocycles. The van der Waals surface area contributed by atoms with E-state index in [-0.39, 0.29) is 17.4 Å². The predicted octanol–water partition coefficient (Wildman–Crippen LogP) is 1.39. The van der Waals surface area contributed by atoms with E-state index in [9.17, 15) is 9.90 Å². The van der Waals surface area contributed by atoms with E-state index in [1.807, 2.05) is 24.3 Å². The molecule has 1 saturated heterocycles. The number of benzene rings is 1. The van der Waals surface area contributed by atoms with E-state index in [0.717, 1.165) is 0 Å². The highest BCUT2D eigenvalue weighted by molar-refractivity contribution is 5.94. The van der Waals surface area contributed by atoms with E-state index in [2.05, 4.69) is 26.1 Å². The Kier molecular flexibility index (Phi) is 4.16. The molecule has 1 aliphatic rings. The molecule has 4 nitrogen and oxygen atoms in total. The normalized spacial score (nSPS) is 22.9. The molecule has 0 unspecified atom stereocenters. The van der Waals surface area contributed by atoms with E-state index in [4.69, 9.17) is 0 Å². The maximum Gasteiger partial charge on any atom is 0.253 e. The van der Waals surface area contributed by atoms with E-state index < -0.39 is 6.10 Å². The van der Waals surface area contributed by atoms with Crippen LogP contribution in [0.5, 0.6) is 0 Å². The van der Waals surface area contributed by atoms with Crippen molar-refractivity contribution in [1.82, 2.24) is 10.2 Å². The molecule has 0 aliphatic carbocycles. The third-order valence-corrected chi connectivity index (χ3v) is 3.97.